The predicted molar refractivity (Wildman–Crippen MR) is 414 cm³/mol. The van der Waals surface area contributed by atoms with Gasteiger partial charge in [0.2, 0.25) is 0 Å². The lowest BCUT2D eigenvalue weighted by Crippen LogP contribution is -2.46. The van der Waals surface area contributed by atoms with Crippen molar-refractivity contribution in [1.82, 2.24) is 30.2 Å². The standard InChI is InChI=1S/C53H66I9N9O25/c1-68(7-18(79)11-72)50(93)26-30(54)24(33(57)39(35(26)59)65-47(90)42(85)21(82)14-75)45(88)63-4-5-71(53(96)29-32(56)28(52(95)70(3)9-20(81)13-74)37(61)41(38(29)62)67-49(92)44(87)23(84)16-77)10-17(78)6-64-46(89)25-31(55)27(51(94)69(2)8-19(80)12-73)36(60)40(34(25)58)66-48(91)43(86)22(83)15-76/h17-23,42-44,72-87H,4-16H2,1-3H3,(H,63,88)(H,64,89)(H,65,90)(H,66,91)(H,67,92). The van der Waals surface area contributed by atoms with Crippen molar-refractivity contribution >= 4 is 274 Å². The van der Waals surface area contributed by atoms with Crippen molar-refractivity contribution in [3.63, 3.8) is 0 Å². The van der Waals surface area contributed by atoms with E-state index in [4.69, 9.17) is 0 Å². The molecule has 10 unspecified atom stereocenters. The van der Waals surface area contributed by atoms with Crippen LogP contribution in [0.25, 0.3) is 0 Å². The Kier molecular flexibility index (Phi) is 38.3. The lowest BCUT2D eigenvalue weighted by molar-refractivity contribution is -0.131. The molecule has 0 aliphatic carbocycles. The Morgan fingerprint density at radius 2 is 0.604 bits per heavy atom. The average Bonchev–Trinajstić information content (AvgIpc) is 0.776. The lowest BCUT2D eigenvalue weighted by Gasteiger charge is -2.29. The summed E-state index contributed by atoms with van der Waals surface area (Å²) < 4.78 is -0.770. The van der Waals surface area contributed by atoms with Crippen LogP contribution in [0.1, 0.15) is 62.1 Å². The summed E-state index contributed by atoms with van der Waals surface area (Å²) in [6.45, 7) is -9.72. The summed E-state index contributed by atoms with van der Waals surface area (Å²) >= 11 is 14.9. The molecule has 34 nitrogen and oxygen atoms in total. The quantitative estimate of drug-likeness (QED) is 0.0254. The molecule has 96 heavy (non-hydrogen) atoms. The van der Waals surface area contributed by atoms with E-state index in [1.807, 2.05) is 0 Å². The summed E-state index contributed by atoms with van der Waals surface area (Å²) in [5.41, 5.74) is -2.76. The number of carbonyl (C=O) groups is 9. The molecule has 0 saturated heterocycles. The zero-order valence-electron chi connectivity index (χ0n) is 50.0. The Morgan fingerprint density at radius 3 is 0.885 bits per heavy atom. The number of aliphatic hydroxyl groups excluding tert-OH is 16. The van der Waals surface area contributed by atoms with E-state index in [9.17, 15) is 120 Å². The number of nitrogens with zero attached hydrogens (tertiary/aromatic N) is 4. The van der Waals surface area contributed by atoms with E-state index in [2.05, 4.69) is 26.6 Å². The molecule has 43 heteroatoms. The number of nitrogens with one attached hydrogen (secondary N) is 5. The molecule has 9 amide bonds. The molecule has 10 atom stereocenters. The van der Waals surface area contributed by atoms with Crippen molar-refractivity contribution in [1.29, 1.82) is 0 Å². The summed E-state index contributed by atoms with van der Waals surface area (Å²) in [7, 11) is 3.74. The van der Waals surface area contributed by atoms with Crippen molar-refractivity contribution in [2.24, 2.45) is 0 Å². The number of amides is 9. The highest BCUT2D eigenvalue weighted by Gasteiger charge is 2.38. The number of benzene rings is 3. The first-order valence-electron chi connectivity index (χ1n) is 27.4. The van der Waals surface area contributed by atoms with Crippen LogP contribution in [0.2, 0.25) is 0 Å². The maximum Gasteiger partial charge on any atom is 0.256 e. The second kappa shape index (κ2) is 41.3. The van der Waals surface area contributed by atoms with Crippen LogP contribution in [-0.2, 0) is 14.4 Å². The predicted octanol–water partition coefficient (Wildman–Crippen LogP) is -3.98. The molecule has 3 rings (SSSR count). The van der Waals surface area contributed by atoms with Gasteiger partial charge in [-0.05, 0) is 203 Å². The third-order valence-electron chi connectivity index (χ3n) is 13.5. The summed E-state index contributed by atoms with van der Waals surface area (Å²) in [4.78, 5) is 132. The number of anilines is 3. The summed E-state index contributed by atoms with van der Waals surface area (Å²) in [6, 6.07) is 0. The van der Waals surface area contributed by atoms with E-state index < -0.39 is 205 Å². The molecule has 0 aromatic heterocycles. The largest absolute Gasteiger partial charge is 0.394 e. The number of carbonyl (C=O) groups excluding carboxylic acids is 9. The molecule has 3 aromatic carbocycles. The Balaban J connectivity index is 2.39. The summed E-state index contributed by atoms with van der Waals surface area (Å²) in [5, 5.41) is 174. The van der Waals surface area contributed by atoms with Gasteiger partial charge in [-0.2, -0.15) is 0 Å². The second-order valence-electron chi connectivity index (χ2n) is 20.7. The molecular formula is C53H66I9N9O25. The molecule has 3 aromatic rings. The van der Waals surface area contributed by atoms with Crippen molar-refractivity contribution < 1.29 is 125 Å². The minimum absolute atomic E-state index is 0.0276. The fraction of sp³-hybridized carbons (Fsp3) is 0.491. The Morgan fingerprint density at radius 1 is 0.344 bits per heavy atom. The molecule has 0 aliphatic heterocycles. The Labute approximate surface area is 669 Å². The second-order valence-corrected chi connectivity index (χ2v) is 30.4. The van der Waals surface area contributed by atoms with E-state index in [0.29, 0.717) is 0 Å². The Hall–Kier alpha value is -1.18. The van der Waals surface area contributed by atoms with Crippen LogP contribution in [0.3, 0.4) is 0 Å². The van der Waals surface area contributed by atoms with Crippen LogP contribution in [0.4, 0.5) is 17.1 Å². The van der Waals surface area contributed by atoms with Crippen molar-refractivity contribution in [2.75, 3.05) is 123 Å². The van der Waals surface area contributed by atoms with Crippen molar-refractivity contribution in [3.05, 3.63) is 65.5 Å². The number of likely N-dealkylation sites (N-methyl/N-ethyl adjacent to an activating group) is 3. The fourth-order valence-corrected chi connectivity index (χ4v) is 21.4. The van der Waals surface area contributed by atoms with Gasteiger partial charge in [-0.1, -0.05) is 0 Å². The van der Waals surface area contributed by atoms with Crippen LogP contribution >= 0.6 is 203 Å². The highest BCUT2D eigenvalue weighted by molar-refractivity contribution is 14.1. The van der Waals surface area contributed by atoms with Gasteiger partial charge in [0.05, 0.1) is 136 Å². The van der Waals surface area contributed by atoms with Crippen LogP contribution < -0.4 is 26.6 Å². The molecule has 0 heterocycles. The van der Waals surface area contributed by atoms with E-state index in [1.165, 1.54) is 21.1 Å². The number of aliphatic hydroxyl groups is 16. The Bertz CT molecular complexity index is 3390. The minimum Gasteiger partial charge on any atom is -0.394 e. The van der Waals surface area contributed by atoms with E-state index in [-0.39, 0.29) is 77.0 Å². The van der Waals surface area contributed by atoms with Gasteiger partial charge < -0.3 is 128 Å². The van der Waals surface area contributed by atoms with Gasteiger partial charge in [0.15, 0.2) is 18.3 Å². The molecule has 0 spiro atoms. The first-order valence-corrected chi connectivity index (χ1v) is 37.1. The minimum atomic E-state index is -2.30. The topological polar surface area (TPSA) is 550 Å². The van der Waals surface area contributed by atoms with Gasteiger partial charge in [0, 0.05) is 77.7 Å². The molecule has 0 fully saturated rings. The number of halogens is 9. The van der Waals surface area contributed by atoms with Crippen LogP contribution in [0, 0.1) is 32.1 Å². The highest BCUT2D eigenvalue weighted by atomic mass is 127. The van der Waals surface area contributed by atoms with Gasteiger partial charge in [-0.25, -0.2) is 0 Å². The first-order chi connectivity index (χ1) is 44.8. The normalized spacial score (nSPS) is 14.5. The van der Waals surface area contributed by atoms with E-state index in [0.717, 1.165) is 19.6 Å². The number of rotatable bonds is 34. The first kappa shape index (κ1) is 89.0. The van der Waals surface area contributed by atoms with Gasteiger partial charge in [-0.3, -0.25) is 43.2 Å². The SMILES string of the molecule is CN(CC(O)CO)C(=O)c1c(I)c(NC(=O)C(O)C(O)CO)c(I)c(C(=O)NCCN(CC(O)CNC(=O)c2c(I)c(NC(=O)C(O)C(O)CO)c(I)c(C(=O)N(C)CC(O)CO)c2I)C(=O)c2c(I)c(NC(=O)C(O)C(O)CO)c(I)c(C(=O)N(C)CC(O)CO)c2I)c1I. The third-order valence-corrected chi connectivity index (χ3v) is 23.2. The molecule has 0 radical (unpaired) electrons. The molecule has 21 N–H and O–H groups in total. The maximum absolute atomic E-state index is 15.6. The van der Waals surface area contributed by atoms with Gasteiger partial charge in [0.25, 0.3) is 53.2 Å². The molecule has 0 aliphatic rings. The van der Waals surface area contributed by atoms with Gasteiger partial charge in [0.1, 0.15) is 18.3 Å². The lowest BCUT2D eigenvalue weighted by atomic mass is 10.0. The maximum atomic E-state index is 15.6. The molecular weight excluding hydrogens is 2300 g/mol. The van der Waals surface area contributed by atoms with Crippen LogP contribution in [0.15, 0.2) is 0 Å². The van der Waals surface area contributed by atoms with Crippen molar-refractivity contribution in [3.8, 4) is 0 Å². The third kappa shape index (κ3) is 22.7. The fourth-order valence-electron chi connectivity index (χ4n) is 8.27. The van der Waals surface area contributed by atoms with E-state index in [1.54, 1.807) is 203 Å². The molecule has 0 bridgehead atoms. The van der Waals surface area contributed by atoms with Crippen LogP contribution in [-0.4, -0.2) is 322 Å². The molecule has 0 saturated carbocycles. The number of hydrogen-bond acceptors (Lipinski definition) is 25. The van der Waals surface area contributed by atoms with E-state index >= 15 is 4.79 Å². The zero-order valence-corrected chi connectivity index (χ0v) is 69.4. The van der Waals surface area contributed by atoms with Gasteiger partial charge in [-0.15, -0.1) is 0 Å². The molecule has 536 valence electrons. The van der Waals surface area contributed by atoms with Crippen molar-refractivity contribution in [2.45, 2.75) is 61.0 Å². The summed E-state index contributed by atoms with van der Waals surface area (Å²) in [6.07, 6.45) is -19.0. The van der Waals surface area contributed by atoms with Gasteiger partial charge >= 0.3 is 0 Å². The zero-order chi connectivity index (χ0) is 73.4. The number of hydrogen-bond donors (Lipinski definition) is 21. The average molecular weight is 2370 g/mol. The smallest absolute Gasteiger partial charge is 0.256 e. The van der Waals surface area contributed by atoms with Crippen LogP contribution in [0.5, 0.6) is 0 Å². The summed E-state index contributed by atoms with van der Waals surface area (Å²) in [5.74, 6) is -9.72. The monoisotopic (exact) mass is 2370 g/mol. The highest BCUT2D eigenvalue weighted by Crippen LogP contribution is 2.40.